The molecular weight excluding hydrogens is 340 g/mol. The summed E-state index contributed by atoms with van der Waals surface area (Å²) in [7, 11) is 0. The fraction of sp³-hybridized carbons (Fsp3) is 0.524. The molecule has 1 saturated heterocycles. The lowest BCUT2D eigenvalue weighted by Gasteiger charge is -2.32. The van der Waals surface area contributed by atoms with Gasteiger partial charge in [-0.15, -0.1) is 0 Å². The number of hydrogen-bond acceptors (Lipinski definition) is 3. The molecule has 3 N–H and O–H groups in total. The Morgan fingerprint density at radius 3 is 2.37 bits per heavy atom. The molecule has 1 amide bonds. The summed E-state index contributed by atoms with van der Waals surface area (Å²) in [6.07, 6.45) is 0. The van der Waals surface area contributed by atoms with Gasteiger partial charge in [0.25, 0.3) is 5.91 Å². The first-order valence-electron chi connectivity index (χ1n) is 9.93. The first-order chi connectivity index (χ1) is 12.9. The van der Waals surface area contributed by atoms with E-state index in [-0.39, 0.29) is 11.9 Å². The van der Waals surface area contributed by atoms with E-state index in [2.05, 4.69) is 36.5 Å². The molecule has 27 heavy (non-hydrogen) atoms. The van der Waals surface area contributed by atoms with Gasteiger partial charge >= 0.3 is 0 Å². The number of nitrogens with zero attached hydrogens (tertiary/aromatic N) is 1. The highest BCUT2D eigenvalue weighted by molar-refractivity contribution is 5.93. The number of anilines is 1. The van der Waals surface area contributed by atoms with E-state index in [0.29, 0.717) is 5.92 Å². The van der Waals surface area contributed by atoms with Crippen LogP contribution in [0.5, 0.6) is 0 Å². The van der Waals surface area contributed by atoms with Crippen LogP contribution in [0.15, 0.2) is 34.9 Å². The van der Waals surface area contributed by atoms with Crippen LogP contribution in [0.2, 0.25) is 0 Å². The second-order valence-electron chi connectivity index (χ2n) is 8.00. The quantitative estimate of drug-likeness (QED) is 0.689. The Labute approximate surface area is 161 Å². The van der Waals surface area contributed by atoms with Crippen molar-refractivity contribution < 1.29 is 19.1 Å². The molecule has 3 rings (SSSR count). The van der Waals surface area contributed by atoms with Crippen molar-refractivity contribution in [2.45, 2.75) is 46.2 Å². The van der Waals surface area contributed by atoms with Crippen LogP contribution in [-0.2, 0) is 11.3 Å². The molecule has 1 aromatic carbocycles. The molecule has 2 heterocycles. The molecular formula is C21H32N4O2+2. The number of aryl methyl sites for hydroxylation is 1. The second kappa shape index (κ2) is 8.67. The summed E-state index contributed by atoms with van der Waals surface area (Å²) in [5.74, 6) is 1.45. The van der Waals surface area contributed by atoms with Gasteiger partial charge in [0.2, 0.25) is 0 Å². The van der Waals surface area contributed by atoms with Crippen LogP contribution >= 0.6 is 0 Å². The highest BCUT2D eigenvalue weighted by atomic mass is 16.5. The fourth-order valence-electron chi connectivity index (χ4n) is 3.68. The van der Waals surface area contributed by atoms with E-state index < -0.39 is 0 Å². The zero-order valence-electron chi connectivity index (χ0n) is 16.8. The van der Waals surface area contributed by atoms with Gasteiger partial charge in [-0.05, 0) is 37.5 Å². The minimum absolute atomic E-state index is 0.0504. The maximum Gasteiger partial charge on any atom is 0.282 e. The van der Waals surface area contributed by atoms with Crippen LogP contribution in [0.1, 0.15) is 43.7 Å². The molecule has 0 saturated carbocycles. The predicted octanol–water partition coefficient (Wildman–Crippen LogP) is 0.417. The molecule has 1 atom stereocenters. The van der Waals surface area contributed by atoms with Gasteiger partial charge in [0.05, 0.1) is 0 Å². The zero-order chi connectivity index (χ0) is 19.4. The summed E-state index contributed by atoms with van der Waals surface area (Å²) in [4.78, 5) is 15.5. The number of aromatic nitrogens is 1. The van der Waals surface area contributed by atoms with Gasteiger partial charge in [-0.25, -0.2) is 0 Å². The molecule has 0 bridgehead atoms. The molecule has 0 unspecified atom stereocenters. The standard InChI is InChI=1S/C21H30N4O2/c1-15(2)18-5-7-19(8-6-18)22-21(26)17(4)25-11-9-24(10-12-25)14-20-13-16(3)27-23-20/h5-8,13,15,17H,9-12,14H2,1-4H3,(H,22,26)/p+2/t17-/m1/s1. The molecule has 0 radical (unpaired) electrons. The third-order valence-corrected chi connectivity index (χ3v) is 5.56. The Morgan fingerprint density at radius 2 is 1.81 bits per heavy atom. The number of carbonyl (C=O) groups is 1. The van der Waals surface area contributed by atoms with Crippen LogP contribution in [0.3, 0.4) is 0 Å². The van der Waals surface area contributed by atoms with Crippen molar-refractivity contribution in [3.05, 3.63) is 47.3 Å². The lowest BCUT2D eigenvalue weighted by molar-refractivity contribution is -1.02. The van der Waals surface area contributed by atoms with Crippen LogP contribution < -0.4 is 15.1 Å². The smallest absolute Gasteiger partial charge is 0.282 e. The molecule has 6 heteroatoms. The molecule has 6 nitrogen and oxygen atoms in total. The van der Waals surface area contributed by atoms with Gasteiger partial charge in [0.1, 0.15) is 44.2 Å². The molecule has 0 aliphatic carbocycles. The summed E-state index contributed by atoms with van der Waals surface area (Å²) in [5.41, 5.74) is 3.18. The molecule has 1 aromatic heterocycles. The highest BCUT2D eigenvalue weighted by Gasteiger charge is 2.31. The molecule has 2 aromatic rings. The normalized spacial score (nSPS) is 21.2. The Kier molecular flexibility index (Phi) is 6.29. The maximum atomic E-state index is 12.6. The minimum Gasteiger partial charge on any atom is -0.361 e. The third kappa shape index (κ3) is 5.17. The molecule has 0 spiro atoms. The number of amides is 1. The number of nitrogens with one attached hydrogen (secondary N) is 3. The Bertz CT molecular complexity index is 746. The van der Waals surface area contributed by atoms with Gasteiger partial charge in [-0.1, -0.05) is 31.1 Å². The number of quaternary nitrogens is 2. The highest BCUT2D eigenvalue weighted by Crippen LogP contribution is 2.17. The average molecular weight is 373 g/mol. The Morgan fingerprint density at radius 1 is 1.15 bits per heavy atom. The van der Waals surface area contributed by atoms with E-state index in [9.17, 15) is 4.79 Å². The van der Waals surface area contributed by atoms with E-state index in [1.54, 1.807) is 0 Å². The van der Waals surface area contributed by atoms with E-state index in [0.717, 1.165) is 49.9 Å². The first-order valence-corrected chi connectivity index (χ1v) is 9.93. The summed E-state index contributed by atoms with van der Waals surface area (Å²) in [6.45, 7) is 13.3. The topological polar surface area (TPSA) is 64.0 Å². The van der Waals surface area contributed by atoms with Crippen molar-refractivity contribution in [1.29, 1.82) is 0 Å². The van der Waals surface area contributed by atoms with Crippen LogP contribution in [0.4, 0.5) is 5.69 Å². The maximum absolute atomic E-state index is 12.6. The van der Waals surface area contributed by atoms with Gasteiger partial charge < -0.3 is 19.6 Å². The van der Waals surface area contributed by atoms with Gasteiger partial charge in [-0.2, -0.15) is 0 Å². The van der Waals surface area contributed by atoms with Crippen molar-refractivity contribution in [3.8, 4) is 0 Å². The number of carbonyl (C=O) groups excluding carboxylic acids is 1. The number of piperazine rings is 1. The fourth-order valence-corrected chi connectivity index (χ4v) is 3.68. The third-order valence-electron chi connectivity index (χ3n) is 5.56. The number of rotatable bonds is 6. The van der Waals surface area contributed by atoms with E-state index in [1.165, 1.54) is 15.4 Å². The number of hydrogen-bond donors (Lipinski definition) is 3. The second-order valence-corrected chi connectivity index (χ2v) is 8.00. The van der Waals surface area contributed by atoms with Gasteiger partial charge in [0, 0.05) is 11.8 Å². The monoisotopic (exact) mass is 372 g/mol. The molecule has 1 fully saturated rings. The Balaban J connectivity index is 1.47. The summed E-state index contributed by atoms with van der Waals surface area (Å²) < 4.78 is 5.15. The Hall–Kier alpha value is -2.18. The zero-order valence-corrected chi connectivity index (χ0v) is 16.8. The van der Waals surface area contributed by atoms with E-state index in [1.807, 2.05) is 32.0 Å². The van der Waals surface area contributed by atoms with Crippen molar-refractivity contribution in [3.63, 3.8) is 0 Å². The first kappa shape index (κ1) is 19.6. The summed E-state index contributed by atoms with van der Waals surface area (Å²) >= 11 is 0. The summed E-state index contributed by atoms with van der Waals surface area (Å²) in [6, 6.07) is 10.1. The van der Waals surface area contributed by atoms with Crippen molar-refractivity contribution in [2.24, 2.45) is 0 Å². The van der Waals surface area contributed by atoms with Crippen molar-refractivity contribution in [1.82, 2.24) is 5.16 Å². The van der Waals surface area contributed by atoms with Gasteiger partial charge in [0.15, 0.2) is 6.04 Å². The molecule has 1 aliphatic rings. The largest absolute Gasteiger partial charge is 0.361 e. The molecule has 1 aliphatic heterocycles. The SMILES string of the molecule is Cc1cc(C[NH+]2CC[NH+]([C@H](C)C(=O)Nc3ccc(C(C)C)cc3)CC2)no1. The van der Waals surface area contributed by atoms with Crippen molar-refractivity contribution in [2.75, 3.05) is 31.5 Å². The molecule has 146 valence electrons. The van der Waals surface area contributed by atoms with Crippen molar-refractivity contribution >= 4 is 11.6 Å². The van der Waals surface area contributed by atoms with Crippen LogP contribution in [0, 0.1) is 6.92 Å². The number of benzene rings is 1. The van der Waals surface area contributed by atoms with Crippen LogP contribution in [-0.4, -0.2) is 43.3 Å². The van der Waals surface area contributed by atoms with Crippen LogP contribution in [0.25, 0.3) is 0 Å². The average Bonchev–Trinajstić information content (AvgIpc) is 3.07. The lowest BCUT2D eigenvalue weighted by Crippen LogP contribution is -3.29. The minimum atomic E-state index is -0.0504. The van der Waals surface area contributed by atoms with Gasteiger partial charge in [-0.3, -0.25) is 4.79 Å². The summed E-state index contributed by atoms with van der Waals surface area (Å²) in [5, 5.41) is 7.16. The van der Waals surface area contributed by atoms with E-state index in [4.69, 9.17) is 4.52 Å². The van der Waals surface area contributed by atoms with E-state index >= 15 is 0 Å². The lowest BCUT2D eigenvalue weighted by atomic mass is 10.0. The predicted molar refractivity (Wildman–Crippen MR) is 105 cm³/mol.